The van der Waals surface area contributed by atoms with Crippen LogP contribution in [-0.4, -0.2) is 59.4 Å². The lowest BCUT2D eigenvalue weighted by Gasteiger charge is -2.36. The van der Waals surface area contributed by atoms with Gasteiger partial charge < -0.3 is 15.3 Å². The minimum atomic E-state index is -0.0801. The number of amides is 2. The summed E-state index contributed by atoms with van der Waals surface area (Å²) in [5.74, 6) is 0.919. The normalized spacial score (nSPS) is 23.9. The van der Waals surface area contributed by atoms with Crippen LogP contribution in [0.25, 0.3) is 0 Å². The number of hydrogen-bond donors (Lipinski definition) is 2. The second kappa shape index (κ2) is 9.41. The van der Waals surface area contributed by atoms with Crippen molar-refractivity contribution in [1.82, 2.24) is 9.80 Å². The minimum Gasteiger partial charge on any atom is -0.506 e. The number of carbonyl (C=O) groups excluding carboxylic acids is 2. The summed E-state index contributed by atoms with van der Waals surface area (Å²) in [7, 11) is 1.94. The molecular formula is C22H33N3O3. The van der Waals surface area contributed by atoms with Gasteiger partial charge in [-0.05, 0) is 69.7 Å². The molecule has 3 rings (SSSR count). The summed E-state index contributed by atoms with van der Waals surface area (Å²) in [4.78, 5) is 29.2. The number of aromatic hydroxyl groups is 1. The molecule has 2 aliphatic rings. The Morgan fingerprint density at radius 3 is 2.39 bits per heavy atom. The summed E-state index contributed by atoms with van der Waals surface area (Å²) in [6.45, 7) is 4.23. The average Bonchev–Trinajstić information content (AvgIpc) is 2.70. The molecule has 0 spiro atoms. The lowest BCUT2D eigenvalue weighted by Crippen LogP contribution is -2.47. The zero-order valence-corrected chi connectivity index (χ0v) is 17.1. The van der Waals surface area contributed by atoms with E-state index in [1.54, 1.807) is 24.3 Å². The number of likely N-dealkylation sites (N-methyl/N-ethyl adjacent to an activating group) is 1. The first kappa shape index (κ1) is 20.6. The van der Waals surface area contributed by atoms with Crippen molar-refractivity contribution in [2.45, 2.75) is 51.5 Å². The quantitative estimate of drug-likeness (QED) is 0.762. The van der Waals surface area contributed by atoms with Crippen LogP contribution < -0.4 is 5.32 Å². The monoisotopic (exact) mass is 387 g/mol. The molecule has 0 radical (unpaired) electrons. The third-order valence-corrected chi connectivity index (χ3v) is 6.41. The molecule has 1 heterocycles. The van der Waals surface area contributed by atoms with E-state index in [-0.39, 0.29) is 23.5 Å². The summed E-state index contributed by atoms with van der Waals surface area (Å²) in [6.07, 6.45) is 6.10. The Hall–Kier alpha value is -2.08. The predicted molar refractivity (Wildman–Crippen MR) is 110 cm³/mol. The maximum Gasteiger partial charge on any atom is 0.236 e. The van der Waals surface area contributed by atoms with Gasteiger partial charge in [0, 0.05) is 19.0 Å². The summed E-state index contributed by atoms with van der Waals surface area (Å²) in [6, 6.07) is 7.15. The van der Waals surface area contributed by atoms with E-state index < -0.39 is 0 Å². The van der Waals surface area contributed by atoms with E-state index in [4.69, 9.17) is 0 Å². The molecule has 6 nitrogen and oxygen atoms in total. The summed E-state index contributed by atoms with van der Waals surface area (Å²) in [5.41, 5.74) is 0.452. The van der Waals surface area contributed by atoms with Crippen LogP contribution in [0.2, 0.25) is 0 Å². The highest BCUT2D eigenvalue weighted by Gasteiger charge is 2.29. The molecule has 1 aromatic carbocycles. The molecule has 0 atom stereocenters. The maximum atomic E-state index is 12.7. The third-order valence-electron chi connectivity index (χ3n) is 6.41. The number of benzene rings is 1. The van der Waals surface area contributed by atoms with Crippen molar-refractivity contribution in [2.75, 3.05) is 32.0 Å². The highest BCUT2D eigenvalue weighted by molar-refractivity contribution is 5.93. The van der Waals surface area contributed by atoms with Crippen LogP contribution >= 0.6 is 0 Å². The Balaban J connectivity index is 1.43. The van der Waals surface area contributed by atoms with Crippen LogP contribution in [-0.2, 0) is 9.59 Å². The lowest BCUT2D eigenvalue weighted by molar-refractivity contribution is -0.134. The van der Waals surface area contributed by atoms with Gasteiger partial charge in [-0.3, -0.25) is 14.5 Å². The first-order valence-corrected chi connectivity index (χ1v) is 10.5. The molecule has 0 bridgehead atoms. The summed E-state index contributed by atoms with van der Waals surface area (Å²) < 4.78 is 0. The van der Waals surface area contributed by atoms with Crippen molar-refractivity contribution in [1.29, 1.82) is 0 Å². The van der Waals surface area contributed by atoms with Crippen molar-refractivity contribution in [3.63, 3.8) is 0 Å². The topological polar surface area (TPSA) is 72.9 Å². The molecule has 1 aliphatic heterocycles. The van der Waals surface area contributed by atoms with E-state index in [0.29, 0.717) is 18.3 Å². The molecule has 0 unspecified atom stereocenters. The first-order chi connectivity index (χ1) is 13.4. The van der Waals surface area contributed by atoms with Crippen LogP contribution in [0.3, 0.4) is 0 Å². The highest BCUT2D eigenvalue weighted by atomic mass is 16.3. The van der Waals surface area contributed by atoms with Crippen LogP contribution in [0.15, 0.2) is 24.3 Å². The first-order valence-electron chi connectivity index (χ1n) is 10.5. The highest BCUT2D eigenvalue weighted by Crippen LogP contribution is 2.27. The summed E-state index contributed by atoms with van der Waals surface area (Å²) in [5, 5.41) is 12.6. The molecule has 2 N–H and O–H groups in total. The van der Waals surface area contributed by atoms with Gasteiger partial charge in [-0.1, -0.05) is 19.1 Å². The second-order valence-corrected chi connectivity index (χ2v) is 8.48. The van der Waals surface area contributed by atoms with Gasteiger partial charge in [0.15, 0.2) is 0 Å². The van der Waals surface area contributed by atoms with Crippen molar-refractivity contribution in [2.24, 2.45) is 11.8 Å². The number of nitrogens with zero attached hydrogens (tertiary/aromatic N) is 2. The largest absolute Gasteiger partial charge is 0.506 e. The number of anilines is 1. The van der Waals surface area contributed by atoms with Gasteiger partial charge >= 0.3 is 0 Å². The molecule has 28 heavy (non-hydrogen) atoms. The summed E-state index contributed by atoms with van der Waals surface area (Å²) >= 11 is 0. The molecule has 154 valence electrons. The number of hydrogen-bond acceptors (Lipinski definition) is 4. The number of nitrogens with one attached hydrogen (secondary N) is 1. The molecule has 1 saturated heterocycles. The van der Waals surface area contributed by atoms with Gasteiger partial charge in [0.25, 0.3) is 0 Å². The van der Waals surface area contributed by atoms with Crippen molar-refractivity contribution in [3.8, 4) is 5.75 Å². The predicted octanol–water partition coefficient (Wildman–Crippen LogP) is 3.08. The van der Waals surface area contributed by atoms with Gasteiger partial charge in [0.1, 0.15) is 5.75 Å². The van der Waals surface area contributed by atoms with Crippen LogP contribution in [0, 0.1) is 11.8 Å². The number of likely N-dealkylation sites (tertiary alicyclic amines) is 1. The fourth-order valence-corrected chi connectivity index (χ4v) is 4.30. The van der Waals surface area contributed by atoms with Gasteiger partial charge in [-0.15, -0.1) is 0 Å². The van der Waals surface area contributed by atoms with E-state index in [0.717, 1.165) is 44.7 Å². The van der Waals surface area contributed by atoms with Crippen LogP contribution in [0.5, 0.6) is 5.75 Å². The van der Waals surface area contributed by atoms with Gasteiger partial charge in [0.05, 0.1) is 12.2 Å². The van der Waals surface area contributed by atoms with E-state index in [1.807, 2.05) is 11.9 Å². The molecule has 6 heteroatoms. The molecule has 1 saturated carbocycles. The van der Waals surface area contributed by atoms with Crippen LogP contribution in [0.4, 0.5) is 5.69 Å². The number of rotatable bonds is 5. The molecular weight excluding hydrogens is 354 g/mol. The van der Waals surface area contributed by atoms with E-state index in [1.165, 1.54) is 12.8 Å². The molecule has 2 fully saturated rings. The van der Waals surface area contributed by atoms with Crippen molar-refractivity contribution < 1.29 is 14.7 Å². The van der Waals surface area contributed by atoms with Crippen molar-refractivity contribution >= 4 is 17.5 Å². The van der Waals surface area contributed by atoms with E-state index in [2.05, 4.69) is 17.1 Å². The van der Waals surface area contributed by atoms with Crippen LogP contribution in [0.1, 0.15) is 45.4 Å². The molecule has 1 aromatic rings. The second-order valence-electron chi connectivity index (χ2n) is 8.48. The number of para-hydroxylation sites is 2. The van der Waals surface area contributed by atoms with Gasteiger partial charge in [-0.2, -0.15) is 0 Å². The zero-order valence-electron chi connectivity index (χ0n) is 17.1. The number of phenolic OH excluding ortho intramolecular Hbond substituents is 1. The minimum absolute atomic E-state index is 0.0547. The van der Waals surface area contributed by atoms with Gasteiger partial charge in [0.2, 0.25) is 11.8 Å². The Kier molecular flexibility index (Phi) is 6.94. The molecule has 1 aliphatic carbocycles. The molecule has 2 amide bonds. The standard InChI is InChI=1S/C22H33N3O3/c1-16-7-9-18(10-8-16)24(2)21(27)15-25-13-11-17(12-14-25)22(28)23-19-5-3-4-6-20(19)26/h3-6,16-18,26H,7-15H2,1-2H3,(H,23,28). The van der Waals surface area contributed by atoms with Gasteiger partial charge in [-0.25, -0.2) is 0 Å². The van der Waals surface area contributed by atoms with Crippen molar-refractivity contribution in [3.05, 3.63) is 24.3 Å². The number of carbonyl (C=O) groups is 2. The fraction of sp³-hybridized carbons (Fsp3) is 0.636. The number of piperidine rings is 1. The molecule has 0 aromatic heterocycles. The average molecular weight is 388 g/mol. The smallest absolute Gasteiger partial charge is 0.236 e. The zero-order chi connectivity index (χ0) is 20.1. The third kappa shape index (κ3) is 5.25. The SMILES string of the molecule is CC1CCC(N(C)C(=O)CN2CCC(C(=O)Nc3ccccc3O)CC2)CC1. The Morgan fingerprint density at radius 2 is 1.75 bits per heavy atom. The fourth-order valence-electron chi connectivity index (χ4n) is 4.30. The maximum absolute atomic E-state index is 12.7. The number of phenols is 1. The Bertz CT molecular complexity index is 677. The van der Waals surface area contributed by atoms with E-state index >= 15 is 0 Å². The van der Waals surface area contributed by atoms with E-state index in [9.17, 15) is 14.7 Å². The Morgan fingerprint density at radius 1 is 1.11 bits per heavy atom. The lowest BCUT2D eigenvalue weighted by atomic mass is 9.87. The Labute approximate surface area is 167 Å².